The number of aromatic amines is 2. The molecule has 0 bridgehead atoms. The van der Waals surface area contributed by atoms with Crippen molar-refractivity contribution in [2.45, 2.75) is 65.7 Å². The minimum absolute atomic E-state index is 0.00183. The Labute approximate surface area is 291 Å². The van der Waals surface area contributed by atoms with Crippen molar-refractivity contribution in [3.63, 3.8) is 0 Å². The van der Waals surface area contributed by atoms with Gasteiger partial charge in [-0.25, -0.2) is 19.6 Å². The molecule has 266 valence electrons. The summed E-state index contributed by atoms with van der Waals surface area (Å²) in [7, 11) is 2.72. The molecule has 0 aliphatic carbocycles. The Morgan fingerprint density at radius 2 is 0.880 bits per heavy atom. The highest BCUT2D eigenvalue weighted by Crippen LogP contribution is 2.29. The van der Waals surface area contributed by atoms with Gasteiger partial charge in [0.15, 0.2) is 0 Å². The molecule has 0 unspecified atom stereocenters. The smallest absolute Gasteiger partial charge is 0.407 e. The van der Waals surface area contributed by atoms with Crippen LogP contribution in [0.5, 0.6) is 0 Å². The minimum atomic E-state index is -1.18. The van der Waals surface area contributed by atoms with Gasteiger partial charge in [0.25, 0.3) is 0 Å². The third-order valence-electron chi connectivity index (χ3n) is 8.96. The Kier molecular flexibility index (Phi) is 11.7. The third-order valence-corrected chi connectivity index (χ3v) is 8.96. The zero-order chi connectivity index (χ0) is 36.9. The minimum Gasteiger partial charge on any atom is -0.465 e. The number of amides is 4. The van der Waals surface area contributed by atoms with Crippen LogP contribution in [0.2, 0.25) is 0 Å². The molecule has 2 aromatic heterocycles. The van der Waals surface area contributed by atoms with Crippen molar-refractivity contribution in [1.29, 1.82) is 0 Å². The molecule has 0 aliphatic heterocycles. The van der Waals surface area contributed by atoms with E-state index >= 15 is 0 Å². The number of nitrogens with one attached hydrogen (secondary N) is 4. The number of imidazole rings is 2. The van der Waals surface area contributed by atoms with E-state index in [0.717, 1.165) is 43.4 Å². The van der Waals surface area contributed by atoms with Gasteiger partial charge in [-0.15, -0.1) is 0 Å². The average Bonchev–Trinajstić information content (AvgIpc) is 3.78. The molecule has 14 heteroatoms. The van der Waals surface area contributed by atoms with Crippen molar-refractivity contribution in [1.82, 2.24) is 40.4 Å². The van der Waals surface area contributed by atoms with E-state index in [0.29, 0.717) is 11.6 Å². The lowest BCUT2D eigenvalue weighted by Crippen LogP contribution is -2.47. The summed E-state index contributed by atoms with van der Waals surface area (Å²) < 4.78 is 0. The SMILES string of the molecule is CC(C)[C@H](NC(=O)[C@H](C)N(C)C(=O)O)c1ncc(-c2ccc(-c3ccc(-c4cnc([C@@H](NC(=O)[C@H](C)N(C)C(=O)O)C(C)C)[nH]4)cc3)cc2)[nH]1. The number of likely N-dealkylation sites (N-methyl/N-ethyl adjacent to an activating group) is 2. The molecular formula is C36H46N8O6. The molecule has 14 nitrogen and oxygen atoms in total. The number of hydrogen-bond donors (Lipinski definition) is 6. The normalized spacial score (nSPS) is 13.7. The van der Waals surface area contributed by atoms with Gasteiger partial charge >= 0.3 is 12.2 Å². The molecule has 50 heavy (non-hydrogen) atoms. The van der Waals surface area contributed by atoms with Crippen molar-refractivity contribution in [3.8, 4) is 33.6 Å². The molecular weight excluding hydrogens is 640 g/mol. The van der Waals surface area contributed by atoms with Crippen molar-refractivity contribution in [3.05, 3.63) is 72.6 Å². The molecule has 0 radical (unpaired) electrons. The van der Waals surface area contributed by atoms with Crippen molar-refractivity contribution < 1.29 is 29.4 Å². The molecule has 4 atom stereocenters. The monoisotopic (exact) mass is 686 g/mol. The van der Waals surface area contributed by atoms with Gasteiger partial charge in [-0.3, -0.25) is 19.4 Å². The van der Waals surface area contributed by atoms with Gasteiger partial charge in [-0.1, -0.05) is 76.2 Å². The van der Waals surface area contributed by atoms with E-state index in [2.05, 4.69) is 30.6 Å². The first-order chi connectivity index (χ1) is 23.6. The average molecular weight is 687 g/mol. The number of carbonyl (C=O) groups is 4. The maximum absolute atomic E-state index is 12.8. The highest BCUT2D eigenvalue weighted by molar-refractivity contribution is 5.85. The topological polar surface area (TPSA) is 197 Å². The lowest BCUT2D eigenvalue weighted by atomic mass is 10.0. The number of hydrogen-bond acceptors (Lipinski definition) is 6. The van der Waals surface area contributed by atoms with Gasteiger partial charge in [0.2, 0.25) is 11.8 Å². The third kappa shape index (κ3) is 8.49. The second kappa shape index (κ2) is 15.7. The van der Waals surface area contributed by atoms with E-state index in [4.69, 9.17) is 0 Å². The Morgan fingerprint density at radius 3 is 1.16 bits per heavy atom. The van der Waals surface area contributed by atoms with Crippen LogP contribution in [-0.4, -0.2) is 90.1 Å². The molecule has 0 saturated carbocycles. The summed E-state index contributed by atoms with van der Waals surface area (Å²) in [6, 6.07) is 13.4. The molecule has 0 aliphatic rings. The Hall–Kier alpha value is -5.66. The number of H-pyrrole nitrogens is 2. The number of nitrogens with zero attached hydrogens (tertiary/aromatic N) is 4. The van der Waals surface area contributed by atoms with Crippen LogP contribution in [0.1, 0.15) is 65.3 Å². The summed E-state index contributed by atoms with van der Waals surface area (Å²) in [5, 5.41) is 24.3. The van der Waals surface area contributed by atoms with E-state index in [9.17, 15) is 29.4 Å². The quantitative estimate of drug-likeness (QED) is 0.102. The molecule has 4 aromatic rings. The van der Waals surface area contributed by atoms with Crippen LogP contribution in [0.3, 0.4) is 0 Å². The fourth-order valence-electron chi connectivity index (χ4n) is 5.30. The molecule has 6 N–H and O–H groups in total. The molecule has 0 spiro atoms. The van der Waals surface area contributed by atoms with E-state index in [1.165, 1.54) is 27.9 Å². The van der Waals surface area contributed by atoms with Crippen LogP contribution in [0.4, 0.5) is 9.59 Å². The van der Waals surface area contributed by atoms with Crippen molar-refractivity contribution in [2.24, 2.45) is 11.8 Å². The summed E-state index contributed by atoms with van der Waals surface area (Å²) >= 11 is 0. The van der Waals surface area contributed by atoms with Gasteiger partial charge in [-0.05, 0) is 47.9 Å². The van der Waals surface area contributed by atoms with Crippen LogP contribution in [-0.2, 0) is 9.59 Å². The molecule has 0 fully saturated rings. The van der Waals surface area contributed by atoms with Crippen LogP contribution < -0.4 is 10.6 Å². The molecule has 0 saturated heterocycles. The molecule has 4 amide bonds. The zero-order valence-electron chi connectivity index (χ0n) is 29.6. The van der Waals surface area contributed by atoms with E-state index < -0.39 is 48.2 Å². The van der Waals surface area contributed by atoms with Crippen molar-refractivity contribution in [2.75, 3.05) is 14.1 Å². The fraction of sp³-hybridized carbons (Fsp3) is 0.389. The van der Waals surface area contributed by atoms with E-state index in [-0.39, 0.29) is 11.8 Å². The maximum atomic E-state index is 12.8. The van der Waals surface area contributed by atoms with Gasteiger partial charge in [-0.2, -0.15) is 0 Å². The van der Waals surface area contributed by atoms with Crippen LogP contribution in [0.15, 0.2) is 60.9 Å². The summed E-state index contributed by atoms with van der Waals surface area (Å²) in [4.78, 5) is 65.8. The number of rotatable bonds is 13. The molecule has 2 aromatic carbocycles. The van der Waals surface area contributed by atoms with Gasteiger partial charge in [0.05, 0.1) is 35.9 Å². The van der Waals surface area contributed by atoms with E-state index in [1.807, 2.05) is 76.2 Å². The fourth-order valence-corrected chi connectivity index (χ4v) is 5.30. The zero-order valence-corrected chi connectivity index (χ0v) is 29.6. The molecule has 2 heterocycles. The summed E-state index contributed by atoms with van der Waals surface area (Å²) in [5.41, 5.74) is 5.42. The number of carbonyl (C=O) groups excluding carboxylic acids is 2. The van der Waals surface area contributed by atoms with Gasteiger partial charge in [0, 0.05) is 14.1 Å². The number of aromatic nitrogens is 4. The van der Waals surface area contributed by atoms with E-state index in [1.54, 1.807) is 12.4 Å². The summed E-state index contributed by atoms with van der Waals surface area (Å²) in [6.07, 6.45) is 1.08. The molecule has 4 rings (SSSR count). The predicted molar refractivity (Wildman–Crippen MR) is 189 cm³/mol. The standard InChI is InChI=1S/C36H46N8O6/c1-19(2)29(41-33(45)21(5)43(7)35(47)48)31-37-17-27(39-31)25-13-9-23(10-14-25)24-11-15-26(16-12-24)28-18-38-32(40-28)30(20(3)4)42-34(46)22(6)44(8)36(49)50/h9-22,29-30H,1-8H3,(H,37,39)(H,38,40)(H,41,45)(H,42,46)(H,47,48)(H,49,50)/t21-,22-,29-,30-/m0/s1. The second-order valence-corrected chi connectivity index (χ2v) is 13.1. The predicted octanol–water partition coefficient (Wildman–Crippen LogP) is 5.76. The number of benzene rings is 2. The Bertz CT molecular complexity index is 1670. The lowest BCUT2D eigenvalue weighted by Gasteiger charge is -2.26. The lowest BCUT2D eigenvalue weighted by molar-refractivity contribution is -0.126. The first-order valence-electron chi connectivity index (χ1n) is 16.4. The summed E-state index contributed by atoms with van der Waals surface area (Å²) in [5.74, 6) is 0.346. The summed E-state index contributed by atoms with van der Waals surface area (Å²) in [6.45, 7) is 10.9. The first kappa shape index (κ1) is 37.2. The largest absolute Gasteiger partial charge is 0.465 e. The van der Waals surface area contributed by atoms with Crippen LogP contribution in [0.25, 0.3) is 33.6 Å². The highest BCUT2D eigenvalue weighted by atomic mass is 16.4. The highest BCUT2D eigenvalue weighted by Gasteiger charge is 2.29. The second-order valence-electron chi connectivity index (χ2n) is 13.1. The maximum Gasteiger partial charge on any atom is 0.407 e. The first-order valence-corrected chi connectivity index (χ1v) is 16.4. The van der Waals surface area contributed by atoms with Crippen LogP contribution >= 0.6 is 0 Å². The Balaban J connectivity index is 1.44. The van der Waals surface area contributed by atoms with Crippen LogP contribution in [0, 0.1) is 11.8 Å². The van der Waals surface area contributed by atoms with Crippen molar-refractivity contribution >= 4 is 24.0 Å². The van der Waals surface area contributed by atoms with Gasteiger partial charge in [0.1, 0.15) is 23.7 Å². The van der Waals surface area contributed by atoms with Gasteiger partial charge < -0.3 is 30.8 Å². The number of carboxylic acid groups (broad SMARTS) is 2. The Morgan fingerprint density at radius 1 is 0.580 bits per heavy atom.